The maximum Gasteiger partial charge on any atom is 0.289 e. The van der Waals surface area contributed by atoms with Crippen molar-refractivity contribution in [1.82, 2.24) is 0 Å². The molecule has 0 fully saturated rings. The van der Waals surface area contributed by atoms with E-state index in [0.717, 1.165) is 12.1 Å². The zero-order valence-electron chi connectivity index (χ0n) is 12.1. The van der Waals surface area contributed by atoms with Gasteiger partial charge in [0, 0.05) is 12.1 Å². The zero-order chi connectivity index (χ0) is 18.7. The predicted octanol–water partition coefficient (Wildman–Crippen LogP) is 5.60. The topological polar surface area (TPSA) is 110 Å². The van der Waals surface area contributed by atoms with Gasteiger partial charge in [-0.3, -0.25) is 20.2 Å². The van der Waals surface area contributed by atoms with Gasteiger partial charge in [-0.05, 0) is 12.1 Å². The number of rotatable bonds is 6. The van der Waals surface area contributed by atoms with Crippen molar-refractivity contribution in [1.29, 1.82) is 0 Å². The van der Waals surface area contributed by atoms with Gasteiger partial charge in [0.2, 0.25) is 0 Å². The van der Waals surface area contributed by atoms with Crippen molar-refractivity contribution in [3.8, 4) is 0 Å². The third-order valence-corrected chi connectivity index (χ3v) is 4.25. The van der Waals surface area contributed by atoms with Gasteiger partial charge in [-0.2, -0.15) is 0 Å². The van der Waals surface area contributed by atoms with Gasteiger partial charge in [0.05, 0.1) is 37.9 Å². The second-order valence-electron chi connectivity index (χ2n) is 4.61. The first-order chi connectivity index (χ1) is 11.7. The van der Waals surface area contributed by atoms with Crippen LogP contribution in [-0.2, 0) is 0 Å². The Morgan fingerprint density at radius 3 is 1.40 bits per heavy atom. The lowest BCUT2D eigenvalue weighted by atomic mass is 10.2. The SMILES string of the molecule is O=[N+]([O-])c1cc(Cl)c(NCNc2cc(Cl)c([N+](=O)[O-])cc2Cl)cc1Cl. The molecule has 0 amide bonds. The van der Waals surface area contributed by atoms with Gasteiger partial charge in [0.25, 0.3) is 11.4 Å². The molecular weight excluding hydrogens is 418 g/mol. The third kappa shape index (κ3) is 4.55. The maximum absolute atomic E-state index is 10.8. The Labute approximate surface area is 160 Å². The van der Waals surface area contributed by atoms with Crippen molar-refractivity contribution in [2.75, 3.05) is 17.3 Å². The Hall–Kier alpha value is -2.00. The number of nitrogens with zero attached hydrogens (tertiary/aromatic N) is 2. The number of anilines is 2. The Morgan fingerprint density at radius 1 is 0.720 bits per heavy atom. The monoisotopic (exact) mass is 424 g/mol. The van der Waals surface area contributed by atoms with Crippen LogP contribution < -0.4 is 10.6 Å². The van der Waals surface area contributed by atoms with Crippen molar-refractivity contribution in [3.05, 3.63) is 64.6 Å². The smallest absolute Gasteiger partial charge is 0.289 e. The van der Waals surface area contributed by atoms with Crippen LogP contribution in [0.5, 0.6) is 0 Å². The molecule has 2 aromatic carbocycles. The molecule has 0 aliphatic heterocycles. The number of nitro groups is 2. The lowest BCUT2D eigenvalue weighted by Gasteiger charge is -2.12. The van der Waals surface area contributed by atoms with Crippen molar-refractivity contribution < 1.29 is 9.85 Å². The fourth-order valence-corrected chi connectivity index (χ4v) is 2.77. The summed E-state index contributed by atoms with van der Waals surface area (Å²) in [4.78, 5) is 20.3. The minimum Gasteiger partial charge on any atom is -0.367 e. The highest BCUT2D eigenvalue weighted by molar-refractivity contribution is 6.37. The molecule has 0 atom stereocenters. The molecule has 2 rings (SSSR count). The van der Waals surface area contributed by atoms with Crippen molar-refractivity contribution in [2.24, 2.45) is 0 Å². The van der Waals surface area contributed by atoms with Gasteiger partial charge < -0.3 is 10.6 Å². The van der Waals surface area contributed by atoms with E-state index in [2.05, 4.69) is 10.6 Å². The van der Waals surface area contributed by atoms with Crippen LogP contribution in [0.1, 0.15) is 0 Å². The Balaban J connectivity index is 2.11. The van der Waals surface area contributed by atoms with Crippen molar-refractivity contribution in [2.45, 2.75) is 0 Å². The molecule has 8 nitrogen and oxygen atoms in total. The minimum atomic E-state index is -0.644. The maximum atomic E-state index is 10.8. The number of nitrogens with one attached hydrogen (secondary N) is 2. The standard InChI is InChI=1S/C13H8Cl4N4O4/c14-6-3-12(20(22)23)8(16)1-10(6)18-5-19-11-2-9(17)13(21(24)25)4-7(11)15/h1-4,18-19H,5H2. The van der Waals surface area contributed by atoms with Gasteiger partial charge in [0.15, 0.2) is 0 Å². The molecule has 132 valence electrons. The summed E-state index contributed by atoms with van der Waals surface area (Å²) in [6, 6.07) is 4.88. The lowest BCUT2D eigenvalue weighted by molar-refractivity contribution is -0.384. The van der Waals surface area contributed by atoms with E-state index in [9.17, 15) is 20.2 Å². The first kappa shape index (κ1) is 19.3. The van der Waals surface area contributed by atoms with E-state index < -0.39 is 9.85 Å². The predicted molar refractivity (Wildman–Crippen MR) is 98.3 cm³/mol. The Bertz CT molecular complexity index is 793. The molecule has 0 aliphatic carbocycles. The highest BCUT2D eigenvalue weighted by atomic mass is 35.5. The van der Waals surface area contributed by atoms with E-state index in [1.54, 1.807) is 0 Å². The van der Waals surface area contributed by atoms with Crippen LogP contribution in [0.2, 0.25) is 20.1 Å². The number of halogens is 4. The van der Waals surface area contributed by atoms with E-state index in [1.807, 2.05) is 0 Å². The summed E-state index contributed by atoms with van der Waals surface area (Å²) in [5.74, 6) is 0. The molecule has 0 radical (unpaired) electrons. The molecule has 0 heterocycles. The summed E-state index contributed by atoms with van der Waals surface area (Å²) < 4.78 is 0. The first-order valence-electron chi connectivity index (χ1n) is 6.45. The summed E-state index contributed by atoms with van der Waals surface area (Å²) in [5, 5.41) is 27.4. The molecule has 12 heteroatoms. The Kier molecular flexibility index (Phi) is 6.12. The van der Waals surface area contributed by atoms with Crippen LogP contribution in [0.25, 0.3) is 0 Å². The fraction of sp³-hybridized carbons (Fsp3) is 0.0769. The number of hydrogen-bond donors (Lipinski definition) is 2. The Morgan fingerprint density at radius 2 is 1.08 bits per heavy atom. The molecule has 0 unspecified atom stereocenters. The zero-order valence-corrected chi connectivity index (χ0v) is 15.1. The van der Waals surface area contributed by atoms with E-state index in [1.165, 1.54) is 12.1 Å². The van der Waals surface area contributed by atoms with Crippen LogP contribution >= 0.6 is 46.4 Å². The number of benzene rings is 2. The second kappa shape index (κ2) is 7.92. The van der Waals surface area contributed by atoms with Crippen LogP contribution in [0.4, 0.5) is 22.7 Å². The third-order valence-electron chi connectivity index (χ3n) is 3.02. The molecule has 0 bridgehead atoms. The van der Waals surface area contributed by atoms with Gasteiger partial charge in [0.1, 0.15) is 10.0 Å². The van der Waals surface area contributed by atoms with Gasteiger partial charge >= 0.3 is 0 Å². The normalized spacial score (nSPS) is 10.4. The number of hydrogen-bond acceptors (Lipinski definition) is 6. The molecule has 2 aromatic rings. The summed E-state index contributed by atoms with van der Waals surface area (Å²) in [5.41, 5.74) is 0.0912. The molecule has 0 saturated carbocycles. The number of nitro benzene ring substituents is 2. The minimum absolute atomic E-state index is 0.0756. The summed E-state index contributed by atoms with van der Waals surface area (Å²) in [6.07, 6.45) is 0. The van der Waals surface area contributed by atoms with Crippen molar-refractivity contribution >= 4 is 69.2 Å². The van der Waals surface area contributed by atoms with Gasteiger partial charge in [-0.1, -0.05) is 46.4 Å². The van der Waals surface area contributed by atoms with Crippen LogP contribution in [-0.4, -0.2) is 16.5 Å². The highest BCUT2D eigenvalue weighted by Gasteiger charge is 2.17. The van der Waals surface area contributed by atoms with Gasteiger partial charge in [-0.25, -0.2) is 0 Å². The van der Waals surface area contributed by atoms with E-state index >= 15 is 0 Å². The fourth-order valence-electron chi connectivity index (χ4n) is 1.86. The van der Waals surface area contributed by atoms with E-state index in [0.29, 0.717) is 11.4 Å². The first-order valence-corrected chi connectivity index (χ1v) is 7.96. The van der Waals surface area contributed by atoms with Crippen LogP contribution in [0, 0.1) is 20.2 Å². The van der Waals surface area contributed by atoms with Crippen LogP contribution in [0.3, 0.4) is 0 Å². The van der Waals surface area contributed by atoms with Crippen LogP contribution in [0.15, 0.2) is 24.3 Å². The summed E-state index contributed by atoms with van der Waals surface area (Å²) in [6.45, 7) is 0.0989. The van der Waals surface area contributed by atoms with Crippen molar-refractivity contribution in [3.63, 3.8) is 0 Å². The molecule has 25 heavy (non-hydrogen) atoms. The average molecular weight is 426 g/mol. The van der Waals surface area contributed by atoms with E-state index in [-0.39, 0.29) is 38.1 Å². The average Bonchev–Trinajstić information content (AvgIpc) is 2.52. The van der Waals surface area contributed by atoms with Gasteiger partial charge in [-0.15, -0.1) is 0 Å². The quantitative estimate of drug-likeness (QED) is 0.354. The summed E-state index contributed by atoms with van der Waals surface area (Å²) >= 11 is 23.6. The molecule has 0 aliphatic rings. The van der Waals surface area contributed by atoms with E-state index in [4.69, 9.17) is 46.4 Å². The molecular formula is C13H8Cl4N4O4. The largest absolute Gasteiger partial charge is 0.367 e. The second-order valence-corrected chi connectivity index (χ2v) is 6.24. The lowest BCUT2D eigenvalue weighted by Crippen LogP contribution is -2.12. The highest BCUT2D eigenvalue weighted by Crippen LogP contribution is 2.35. The molecule has 0 aromatic heterocycles. The molecule has 0 saturated heterocycles. The molecule has 0 spiro atoms. The molecule has 2 N–H and O–H groups in total. The summed E-state index contributed by atoms with van der Waals surface area (Å²) in [7, 11) is 0.